The summed E-state index contributed by atoms with van der Waals surface area (Å²) in [6, 6.07) is 5.49. The predicted octanol–water partition coefficient (Wildman–Crippen LogP) is 2.59. The van der Waals surface area contributed by atoms with Crippen molar-refractivity contribution in [1.29, 1.82) is 0 Å². The highest BCUT2D eigenvalue weighted by atomic mass is 16.1. The van der Waals surface area contributed by atoms with E-state index in [9.17, 15) is 4.79 Å². The Balaban J connectivity index is 2.47. The molecule has 0 spiro atoms. The molecule has 70 valence electrons. The van der Waals surface area contributed by atoms with Crippen LogP contribution in [0.2, 0.25) is 0 Å². The maximum absolute atomic E-state index is 11.7. The lowest BCUT2D eigenvalue weighted by molar-refractivity contribution is 0.856. The van der Waals surface area contributed by atoms with E-state index in [2.05, 4.69) is 20.6 Å². The summed E-state index contributed by atoms with van der Waals surface area (Å²) in [4.78, 5) is 11.7. The summed E-state index contributed by atoms with van der Waals surface area (Å²) in [6.07, 6.45) is 0. The molecule has 6 nitrogen and oxygen atoms in total. The second-order valence-corrected chi connectivity index (χ2v) is 3.37. The average Bonchev–Trinajstić information content (AvgIpc) is 2.76. The Morgan fingerprint density at radius 3 is 2.93 bits per heavy atom. The molecule has 0 saturated carbocycles. The van der Waals surface area contributed by atoms with Gasteiger partial charge in [0.25, 0.3) is 0 Å². The third-order valence-corrected chi connectivity index (χ3v) is 2.60. The molecule has 0 amide bonds. The maximum Gasteiger partial charge on any atom is 0.303 e. The standard InChI is InChI=1S/C9H3N5O/c15-9-8-7-6-4(10-11-7)2-1-3-5(6)14(9)13-12-8/h1-3H. The van der Waals surface area contributed by atoms with Crippen LogP contribution < -0.4 is 5.56 Å². The molecule has 2 aromatic rings. The third kappa shape index (κ3) is 0.622. The van der Waals surface area contributed by atoms with Crippen LogP contribution in [0.15, 0.2) is 43.6 Å². The first kappa shape index (κ1) is 6.99. The van der Waals surface area contributed by atoms with Crippen molar-refractivity contribution in [2.24, 2.45) is 20.6 Å². The van der Waals surface area contributed by atoms with Gasteiger partial charge in [-0.2, -0.15) is 4.68 Å². The maximum atomic E-state index is 11.7. The number of azo groups is 1. The largest absolute Gasteiger partial charge is 0.303 e. The van der Waals surface area contributed by atoms with Gasteiger partial charge >= 0.3 is 5.56 Å². The summed E-state index contributed by atoms with van der Waals surface area (Å²) in [6.45, 7) is 0. The number of fused-ring (bicyclic) bond motifs is 4. The van der Waals surface area contributed by atoms with Gasteiger partial charge in [0.15, 0.2) is 5.69 Å². The van der Waals surface area contributed by atoms with Gasteiger partial charge in [-0.25, -0.2) is 0 Å². The van der Waals surface area contributed by atoms with E-state index in [0.717, 1.165) is 11.1 Å². The van der Waals surface area contributed by atoms with Crippen LogP contribution in [-0.2, 0) is 0 Å². The average molecular weight is 197 g/mol. The number of benzene rings is 1. The molecule has 2 aliphatic heterocycles. The van der Waals surface area contributed by atoms with Gasteiger partial charge in [0.2, 0.25) is 0 Å². The van der Waals surface area contributed by atoms with Gasteiger partial charge in [-0.15, -0.1) is 15.3 Å². The second-order valence-electron chi connectivity index (χ2n) is 3.37. The Morgan fingerprint density at radius 1 is 1.07 bits per heavy atom. The summed E-state index contributed by atoms with van der Waals surface area (Å²) >= 11 is 0. The Kier molecular flexibility index (Phi) is 0.933. The topological polar surface area (TPSA) is 71.4 Å². The highest BCUT2D eigenvalue weighted by Crippen LogP contribution is 2.45. The van der Waals surface area contributed by atoms with E-state index in [0.29, 0.717) is 11.2 Å². The lowest BCUT2D eigenvalue weighted by atomic mass is 10.1. The molecule has 0 aliphatic carbocycles. The quantitative estimate of drug-likeness (QED) is 0.427. The van der Waals surface area contributed by atoms with Gasteiger partial charge in [0, 0.05) is 0 Å². The van der Waals surface area contributed by atoms with E-state index in [-0.39, 0.29) is 11.2 Å². The summed E-state index contributed by atoms with van der Waals surface area (Å²) in [5, 5.41) is 16.4. The monoisotopic (exact) mass is 197 g/mol. The number of pyridine rings is 1. The third-order valence-electron chi connectivity index (χ3n) is 2.60. The molecular weight excluding hydrogens is 194 g/mol. The molecular formula is C9H3N5O. The molecule has 0 saturated heterocycles. The summed E-state index contributed by atoms with van der Waals surface area (Å²) in [5.74, 6) is 0. The molecule has 4 rings (SSSR count). The van der Waals surface area contributed by atoms with Crippen molar-refractivity contribution >= 4 is 28.0 Å². The molecule has 1 aromatic heterocycles. The lowest BCUT2D eigenvalue weighted by Crippen LogP contribution is -2.11. The fourth-order valence-electron chi connectivity index (χ4n) is 1.93. The van der Waals surface area contributed by atoms with E-state index >= 15 is 0 Å². The molecule has 0 atom stereocenters. The van der Waals surface area contributed by atoms with Crippen molar-refractivity contribution in [1.82, 2.24) is 4.68 Å². The molecule has 0 radical (unpaired) electrons. The van der Waals surface area contributed by atoms with Gasteiger partial charge in [-0.3, -0.25) is 4.79 Å². The van der Waals surface area contributed by atoms with E-state index < -0.39 is 0 Å². The summed E-state index contributed by atoms with van der Waals surface area (Å²) < 4.78 is 1.29. The van der Waals surface area contributed by atoms with Crippen LogP contribution >= 0.6 is 0 Å². The van der Waals surface area contributed by atoms with Crippen LogP contribution in [-0.4, -0.2) is 4.68 Å². The van der Waals surface area contributed by atoms with Crippen LogP contribution in [0.4, 0.5) is 17.1 Å². The first-order valence-electron chi connectivity index (χ1n) is 4.42. The van der Waals surface area contributed by atoms with Crippen LogP contribution in [0, 0.1) is 0 Å². The molecule has 6 heteroatoms. The molecule has 3 heterocycles. The van der Waals surface area contributed by atoms with Crippen LogP contribution in [0.3, 0.4) is 0 Å². The normalized spacial score (nSPS) is 14.4. The fraction of sp³-hybridized carbons (Fsp3) is 0. The van der Waals surface area contributed by atoms with Crippen LogP contribution in [0.25, 0.3) is 10.9 Å². The smallest absolute Gasteiger partial charge is 0.265 e. The molecule has 15 heavy (non-hydrogen) atoms. The number of nitrogens with zero attached hydrogens (tertiary/aromatic N) is 5. The van der Waals surface area contributed by atoms with E-state index in [1.807, 2.05) is 18.2 Å². The zero-order valence-electron chi connectivity index (χ0n) is 7.38. The minimum atomic E-state index is -0.226. The van der Waals surface area contributed by atoms with Gasteiger partial charge in [0.1, 0.15) is 5.69 Å². The number of aromatic nitrogens is 1. The Hall–Kier alpha value is -2.37. The van der Waals surface area contributed by atoms with Gasteiger partial charge in [0.05, 0.1) is 16.6 Å². The van der Waals surface area contributed by atoms with Crippen LogP contribution in [0.1, 0.15) is 0 Å². The predicted molar refractivity (Wildman–Crippen MR) is 52.3 cm³/mol. The minimum absolute atomic E-state index is 0.226. The minimum Gasteiger partial charge on any atom is -0.265 e. The van der Waals surface area contributed by atoms with Crippen molar-refractivity contribution in [2.75, 3.05) is 0 Å². The highest BCUT2D eigenvalue weighted by Gasteiger charge is 2.25. The Morgan fingerprint density at radius 2 is 2.00 bits per heavy atom. The van der Waals surface area contributed by atoms with E-state index in [1.54, 1.807) is 0 Å². The Labute approximate surface area is 82.6 Å². The molecule has 0 N–H and O–H groups in total. The summed E-state index contributed by atoms with van der Waals surface area (Å²) in [5.41, 5.74) is 2.09. The number of hydrogen-bond acceptors (Lipinski definition) is 5. The molecule has 0 fully saturated rings. The number of rotatable bonds is 0. The molecule has 1 aromatic carbocycles. The van der Waals surface area contributed by atoms with Gasteiger partial charge in [-0.05, 0) is 12.1 Å². The molecule has 2 aliphatic rings. The van der Waals surface area contributed by atoms with Gasteiger partial charge < -0.3 is 0 Å². The zero-order valence-corrected chi connectivity index (χ0v) is 7.38. The summed E-state index contributed by atoms with van der Waals surface area (Å²) in [7, 11) is 0. The lowest BCUT2D eigenvalue weighted by Gasteiger charge is -1.99. The second kappa shape index (κ2) is 2.00. The van der Waals surface area contributed by atoms with Gasteiger partial charge in [-0.1, -0.05) is 11.3 Å². The first-order valence-corrected chi connectivity index (χ1v) is 4.42. The van der Waals surface area contributed by atoms with Crippen molar-refractivity contribution < 1.29 is 0 Å². The van der Waals surface area contributed by atoms with Crippen molar-refractivity contribution in [3.63, 3.8) is 0 Å². The van der Waals surface area contributed by atoms with Crippen molar-refractivity contribution in [2.45, 2.75) is 0 Å². The Bertz CT molecular complexity index is 740. The van der Waals surface area contributed by atoms with E-state index in [4.69, 9.17) is 0 Å². The zero-order chi connectivity index (χ0) is 9.99. The first-order chi connectivity index (χ1) is 7.36. The molecule has 0 unspecified atom stereocenters. The van der Waals surface area contributed by atoms with E-state index in [1.165, 1.54) is 4.68 Å². The van der Waals surface area contributed by atoms with Crippen molar-refractivity contribution in [3.8, 4) is 0 Å². The SMILES string of the molecule is O=c1c2c3c4c(cccc4n1N=N2)N=N3. The molecule has 2 bridgehead atoms. The van der Waals surface area contributed by atoms with Crippen LogP contribution in [0.5, 0.6) is 0 Å². The highest BCUT2D eigenvalue weighted by molar-refractivity contribution is 6.04. The number of hydrogen-bond donors (Lipinski definition) is 0. The van der Waals surface area contributed by atoms with Crippen molar-refractivity contribution in [3.05, 3.63) is 28.6 Å². The fourth-order valence-corrected chi connectivity index (χ4v) is 1.93.